The topological polar surface area (TPSA) is 66.5 Å². The van der Waals surface area contributed by atoms with Gasteiger partial charge in [0.25, 0.3) is 0 Å². The predicted octanol–water partition coefficient (Wildman–Crippen LogP) is 4.77. The monoisotopic (exact) mass is 498 g/mol. The normalized spacial score (nSPS) is 17.1. The molecule has 0 aliphatic carbocycles. The van der Waals surface area contributed by atoms with Gasteiger partial charge in [0.1, 0.15) is 0 Å². The Hall–Kier alpha value is -1.41. The number of piperidine rings is 1. The van der Waals surface area contributed by atoms with Crippen LogP contribution < -0.4 is 5.32 Å². The summed E-state index contributed by atoms with van der Waals surface area (Å²) in [5.41, 5.74) is 1.06. The maximum Gasteiger partial charge on any atom is 0.243 e. The first-order valence-electron chi connectivity index (χ1n) is 9.63. The van der Waals surface area contributed by atoms with Gasteiger partial charge < -0.3 is 5.32 Å². The Labute approximate surface area is 185 Å². The van der Waals surface area contributed by atoms with Gasteiger partial charge in [0.05, 0.1) is 10.9 Å². The zero-order chi connectivity index (χ0) is 21.0. The molecule has 1 unspecified atom stereocenters. The van der Waals surface area contributed by atoms with Crippen LogP contribution in [0.3, 0.4) is 0 Å². The van der Waals surface area contributed by atoms with E-state index in [0.717, 1.165) is 16.5 Å². The number of nitrogens with zero attached hydrogens (tertiary/aromatic N) is 1. The standard InChI is InChI=1S/C21H24BrClN2O3S/c1-2-20(15-3-5-17(22)6-4-15)24-21(26)16-11-13-25(14-12-16)29(27,28)19-9-7-18(23)8-10-19/h3-10,16,20H,2,11-14H2,1H3,(H,24,26). The van der Waals surface area contributed by atoms with Crippen LogP contribution in [0.25, 0.3) is 0 Å². The van der Waals surface area contributed by atoms with Gasteiger partial charge in [-0.1, -0.05) is 46.6 Å². The molecule has 8 heteroatoms. The van der Waals surface area contributed by atoms with E-state index in [-0.39, 0.29) is 22.8 Å². The molecule has 1 N–H and O–H groups in total. The largest absolute Gasteiger partial charge is 0.349 e. The van der Waals surface area contributed by atoms with E-state index in [1.54, 1.807) is 12.1 Å². The second kappa shape index (κ2) is 9.60. The summed E-state index contributed by atoms with van der Waals surface area (Å²) in [6.45, 7) is 2.70. The summed E-state index contributed by atoms with van der Waals surface area (Å²) in [7, 11) is -3.56. The number of benzene rings is 2. The fourth-order valence-electron chi connectivity index (χ4n) is 3.52. The summed E-state index contributed by atoms with van der Waals surface area (Å²) < 4.78 is 28.0. The van der Waals surface area contributed by atoms with Gasteiger partial charge in [-0.2, -0.15) is 4.31 Å². The number of amides is 1. The number of carbonyl (C=O) groups excluding carboxylic acids is 1. The number of nitrogens with one attached hydrogen (secondary N) is 1. The Kier molecular flexibility index (Phi) is 7.37. The molecule has 1 fully saturated rings. The van der Waals surface area contributed by atoms with Crippen molar-refractivity contribution in [1.29, 1.82) is 0 Å². The smallest absolute Gasteiger partial charge is 0.243 e. The molecule has 0 aromatic heterocycles. The van der Waals surface area contributed by atoms with E-state index < -0.39 is 10.0 Å². The molecule has 1 aliphatic heterocycles. The number of rotatable bonds is 6. The molecule has 1 heterocycles. The molecule has 0 spiro atoms. The van der Waals surface area contributed by atoms with E-state index in [1.807, 2.05) is 31.2 Å². The Morgan fingerprint density at radius 3 is 2.28 bits per heavy atom. The zero-order valence-electron chi connectivity index (χ0n) is 16.1. The predicted molar refractivity (Wildman–Crippen MR) is 118 cm³/mol. The highest BCUT2D eigenvalue weighted by atomic mass is 79.9. The highest BCUT2D eigenvalue weighted by molar-refractivity contribution is 9.10. The average molecular weight is 500 g/mol. The summed E-state index contributed by atoms with van der Waals surface area (Å²) in [6, 6.07) is 14.0. The molecule has 3 rings (SSSR count). The Morgan fingerprint density at radius 2 is 1.72 bits per heavy atom. The quantitative estimate of drug-likeness (QED) is 0.622. The Bertz CT molecular complexity index is 941. The van der Waals surface area contributed by atoms with Crippen LogP contribution in [0.4, 0.5) is 0 Å². The number of hydrogen-bond donors (Lipinski definition) is 1. The van der Waals surface area contributed by atoms with Crippen molar-refractivity contribution >= 4 is 43.5 Å². The lowest BCUT2D eigenvalue weighted by atomic mass is 9.96. The van der Waals surface area contributed by atoms with Crippen LogP contribution >= 0.6 is 27.5 Å². The van der Waals surface area contributed by atoms with E-state index >= 15 is 0 Å². The third-order valence-corrected chi connectivity index (χ3v) is 7.97. The number of hydrogen-bond acceptors (Lipinski definition) is 3. The molecule has 29 heavy (non-hydrogen) atoms. The van der Waals surface area contributed by atoms with Gasteiger partial charge in [0.2, 0.25) is 15.9 Å². The van der Waals surface area contributed by atoms with Crippen LogP contribution in [0.5, 0.6) is 0 Å². The van der Waals surface area contributed by atoms with Crippen LogP contribution in [-0.2, 0) is 14.8 Å². The van der Waals surface area contributed by atoms with E-state index in [0.29, 0.717) is 31.0 Å². The van der Waals surface area contributed by atoms with Gasteiger partial charge in [-0.3, -0.25) is 4.79 Å². The van der Waals surface area contributed by atoms with Gasteiger partial charge in [-0.05, 0) is 61.2 Å². The van der Waals surface area contributed by atoms with Crippen LogP contribution in [0, 0.1) is 5.92 Å². The van der Waals surface area contributed by atoms with Crippen molar-refractivity contribution in [2.45, 2.75) is 37.1 Å². The SMILES string of the molecule is CCC(NC(=O)C1CCN(S(=O)(=O)c2ccc(Cl)cc2)CC1)c1ccc(Br)cc1. The molecule has 2 aromatic rings. The van der Waals surface area contributed by atoms with Gasteiger partial charge in [0, 0.05) is 28.5 Å². The molecule has 1 aliphatic rings. The average Bonchev–Trinajstić information content (AvgIpc) is 2.73. The third-order valence-electron chi connectivity index (χ3n) is 5.27. The fourth-order valence-corrected chi connectivity index (χ4v) is 5.38. The van der Waals surface area contributed by atoms with E-state index in [4.69, 9.17) is 11.6 Å². The summed E-state index contributed by atoms with van der Waals surface area (Å²) in [5, 5.41) is 3.62. The second-order valence-corrected chi connectivity index (χ2v) is 10.4. The van der Waals surface area contributed by atoms with Gasteiger partial charge in [-0.15, -0.1) is 0 Å². The minimum absolute atomic E-state index is 0.0108. The lowest BCUT2D eigenvalue weighted by Crippen LogP contribution is -2.43. The highest BCUT2D eigenvalue weighted by Gasteiger charge is 2.32. The van der Waals surface area contributed by atoms with Gasteiger partial charge >= 0.3 is 0 Å². The van der Waals surface area contributed by atoms with Gasteiger partial charge in [0.15, 0.2) is 0 Å². The van der Waals surface area contributed by atoms with Crippen LogP contribution in [0.2, 0.25) is 5.02 Å². The first-order valence-corrected chi connectivity index (χ1v) is 12.2. The summed E-state index contributed by atoms with van der Waals surface area (Å²) in [5.74, 6) is -0.195. The van der Waals surface area contributed by atoms with Crippen LogP contribution in [-0.4, -0.2) is 31.7 Å². The third kappa shape index (κ3) is 5.40. The molecule has 1 saturated heterocycles. The van der Waals surface area contributed by atoms with Crippen molar-refractivity contribution < 1.29 is 13.2 Å². The van der Waals surface area contributed by atoms with Crippen LogP contribution in [0.15, 0.2) is 57.9 Å². The number of carbonyl (C=O) groups is 1. The number of sulfonamides is 1. The van der Waals surface area contributed by atoms with Crippen molar-refractivity contribution in [2.24, 2.45) is 5.92 Å². The molecule has 0 saturated carbocycles. The lowest BCUT2D eigenvalue weighted by molar-refractivity contribution is -0.126. The molecule has 5 nitrogen and oxygen atoms in total. The molecule has 2 aromatic carbocycles. The number of halogens is 2. The van der Waals surface area contributed by atoms with E-state index in [9.17, 15) is 13.2 Å². The maximum atomic E-state index is 12.8. The molecular weight excluding hydrogens is 476 g/mol. The van der Waals surface area contributed by atoms with Gasteiger partial charge in [-0.25, -0.2) is 8.42 Å². The Balaban J connectivity index is 1.60. The van der Waals surface area contributed by atoms with E-state index in [2.05, 4.69) is 21.2 Å². The first kappa shape index (κ1) is 22.3. The lowest BCUT2D eigenvalue weighted by Gasteiger charge is -2.31. The minimum atomic E-state index is -3.56. The molecule has 1 atom stereocenters. The van der Waals surface area contributed by atoms with Crippen molar-refractivity contribution in [3.8, 4) is 0 Å². The Morgan fingerprint density at radius 1 is 1.14 bits per heavy atom. The molecule has 156 valence electrons. The summed E-state index contributed by atoms with van der Waals surface area (Å²) in [6.07, 6.45) is 1.81. The van der Waals surface area contributed by atoms with Crippen molar-refractivity contribution in [1.82, 2.24) is 9.62 Å². The fraction of sp³-hybridized carbons (Fsp3) is 0.381. The molecular formula is C21H24BrClN2O3S. The van der Waals surface area contributed by atoms with Crippen LogP contribution in [0.1, 0.15) is 37.8 Å². The molecule has 0 radical (unpaired) electrons. The molecule has 0 bridgehead atoms. The van der Waals surface area contributed by atoms with Crippen molar-refractivity contribution in [2.75, 3.05) is 13.1 Å². The van der Waals surface area contributed by atoms with E-state index in [1.165, 1.54) is 16.4 Å². The van der Waals surface area contributed by atoms with Crippen molar-refractivity contribution in [3.05, 3.63) is 63.6 Å². The second-order valence-electron chi connectivity index (χ2n) is 7.15. The zero-order valence-corrected chi connectivity index (χ0v) is 19.3. The summed E-state index contributed by atoms with van der Waals surface area (Å²) >= 11 is 9.28. The summed E-state index contributed by atoms with van der Waals surface area (Å²) in [4.78, 5) is 13.0. The first-order chi connectivity index (χ1) is 13.8. The minimum Gasteiger partial charge on any atom is -0.349 e. The van der Waals surface area contributed by atoms with Crippen molar-refractivity contribution in [3.63, 3.8) is 0 Å². The maximum absolute atomic E-state index is 12.8. The molecule has 1 amide bonds. The highest BCUT2D eigenvalue weighted by Crippen LogP contribution is 2.26.